The Morgan fingerprint density at radius 2 is 2.27 bits per heavy atom. The summed E-state index contributed by atoms with van der Waals surface area (Å²) in [5.74, 6) is -0.0728. The van der Waals surface area contributed by atoms with Gasteiger partial charge >= 0.3 is 5.97 Å². The fourth-order valence-corrected chi connectivity index (χ4v) is 1.16. The smallest absolute Gasteiger partial charge is 0.357 e. The van der Waals surface area contributed by atoms with Gasteiger partial charge in [-0.1, -0.05) is 25.8 Å². The van der Waals surface area contributed by atoms with Crippen LogP contribution >= 0.6 is 0 Å². The molecule has 0 bridgehead atoms. The van der Waals surface area contributed by atoms with Crippen LogP contribution in [0.3, 0.4) is 0 Å². The second kappa shape index (κ2) is 6.01. The van der Waals surface area contributed by atoms with Crippen molar-refractivity contribution in [2.75, 3.05) is 12.3 Å². The van der Waals surface area contributed by atoms with E-state index >= 15 is 0 Å². The number of rotatable bonds is 5. The molecule has 0 saturated heterocycles. The van der Waals surface area contributed by atoms with Crippen molar-refractivity contribution in [1.82, 2.24) is 4.98 Å². The molecular weight excluding hydrogens is 192 g/mol. The number of ether oxygens (including phenoxy) is 1. The van der Waals surface area contributed by atoms with Crippen LogP contribution in [0.1, 0.15) is 36.7 Å². The molecule has 4 heteroatoms. The predicted molar refractivity (Wildman–Crippen MR) is 58.5 cm³/mol. The van der Waals surface area contributed by atoms with Crippen molar-refractivity contribution in [1.29, 1.82) is 0 Å². The first-order chi connectivity index (χ1) is 7.24. The molecule has 1 heterocycles. The maximum Gasteiger partial charge on any atom is 0.357 e. The summed E-state index contributed by atoms with van der Waals surface area (Å²) >= 11 is 0. The van der Waals surface area contributed by atoms with Gasteiger partial charge in [0, 0.05) is 0 Å². The molecule has 0 saturated carbocycles. The van der Waals surface area contributed by atoms with E-state index in [0.29, 0.717) is 12.4 Å². The minimum atomic E-state index is -0.404. The molecule has 0 aliphatic rings. The first-order valence-corrected chi connectivity index (χ1v) is 5.13. The van der Waals surface area contributed by atoms with E-state index in [1.54, 1.807) is 18.2 Å². The molecule has 0 fully saturated rings. The molecule has 2 N–H and O–H groups in total. The number of nitrogens with two attached hydrogens (primary N) is 1. The number of aromatic nitrogens is 1. The van der Waals surface area contributed by atoms with Gasteiger partial charge in [-0.05, 0) is 18.6 Å². The van der Waals surface area contributed by atoms with Crippen molar-refractivity contribution in [2.24, 2.45) is 0 Å². The molecule has 1 aromatic rings. The van der Waals surface area contributed by atoms with Gasteiger partial charge in [-0.2, -0.15) is 0 Å². The van der Waals surface area contributed by atoms with Crippen LogP contribution in [0, 0.1) is 0 Å². The Labute approximate surface area is 89.5 Å². The summed E-state index contributed by atoms with van der Waals surface area (Å²) in [5.41, 5.74) is 5.72. The van der Waals surface area contributed by atoms with Crippen molar-refractivity contribution in [3.63, 3.8) is 0 Å². The Hall–Kier alpha value is -1.58. The summed E-state index contributed by atoms with van der Waals surface area (Å²) in [4.78, 5) is 15.3. The van der Waals surface area contributed by atoms with E-state index in [1.165, 1.54) is 0 Å². The van der Waals surface area contributed by atoms with Gasteiger partial charge in [-0.25, -0.2) is 9.78 Å². The van der Waals surface area contributed by atoms with E-state index in [2.05, 4.69) is 11.9 Å². The molecule has 82 valence electrons. The molecule has 1 aromatic heterocycles. The SMILES string of the molecule is CCCCCOC(=O)c1cccc(N)n1. The van der Waals surface area contributed by atoms with Gasteiger partial charge in [0.25, 0.3) is 0 Å². The third-order valence-electron chi connectivity index (χ3n) is 1.96. The van der Waals surface area contributed by atoms with Gasteiger partial charge in [0.15, 0.2) is 5.69 Å². The summed E-state index contributed by atoms with van der Waals surface area (Å²) in [7, 11) is 0. The number of nitrogens with zero attached hydrogens (tertiary/aromatic N) is 1. The topological polar surface area (TPSA) is 65.2 Å². The summed E-state index contributed by atoms with van der Waals surface area (Å²) in [6.45, 7) is 2.55. The van der Waals surface area contributed by atoms with E-state index in [0.717, 1.165) is 19.3 Å². The minimum Gasteiger partial charge on any atom is -0.461 e. The number of unbranched alkanes of at least 4 members (excludes halogenated alkanes) is 2. The zero-order valence-electron chi connectivity index (χ0n) is 8.90. The Bertz CT molecular complexity index is 326. The van der Waals surface area contributed by atoms with E-state index < -0.39 is 5.97 Å². The van der Waals surface area contributed by atoms with E-state index in [4.69, 9.17) is 10.5 Å². The number of hydrogen-bond acceptors (Lipinski definition) is 4. The molecule has 0 atom stereocenters. The van der Waals surface area contributed by atoms with Crippen molar-refractivity contribution >= 4 is 11.8 Å². The number of esters is 1. The van der Waals surface area contributed by atoms with Gasteiger partial charge in [-0.3, -0.25) is 0 Å². The lowest BCUT2D eigenvalue weighted by Gasteiger charge is -2.03. The van der Waals surface area contributed by atoms with Crippen molar-refractivity contribution in [3.8, 4) is 0 Å². The number of pyridine rings is 1. The molecule has 0 amide bonds. The Morgan fingerprint density at radius 1 is 1.47 bits per heavy atom. The normalized spacial score (nSPS) is 9.93. The van der Waals surface area contributed by atoms with Crippen molar-refractivity contribution in [2.45, 2.75) is 26.2 Å². The van der Waals surface area contributed by atoms with Gasteiger partial charge < -0.3 is 10.5 Å². The predicted octanol–water partition coefficient (Wildman–Crippen LogP) is 2.01. The van der Waals surface area contributed by atoms with Crippen LogP contribution in [-0.4, -0.2) is 17.6 Å². The van der Waals surface area contributed by atoms with Crippen LogP contribution in [0.5, 0.6) is 0 Å². The highest BCUT2D eigenvalue weighted by molar-refractivity contribution is 5.87. The Morgan fingerprint density at radius 3 is 2.93 bits per heavy atom. The average molecular weight is 208 g/mol. The molecule has 4 nitrogen and oxygen atoms in total. The molecule has 0 aliphatic carbocycles. The molecule has 0 spiro atoms. The lowest BCUT2D eigenvalue weighted by atomic mass is 10.3. The number of carbonyl (C=O) groups is 1. The Kier molecular flexibility index (Phi) is 4.60. The van der Waals surface area contributed by atoms with Crippen LogP contribution in [-0.2, 0) is 4.74 Å². The summed E-state index contributed by atoms with van der Waals surface area (Å²) in [6.07, 6.45) is 3.07. The van der Waals surface area contributed by atoms with Gasteiger partial charge in [0.1, 0.15) is 5.82 Å². The molecule has 0 unspecified atom stereocenters. The van der Waals surface area contributed by atoms with Crippen molar-refractivity contribution in [3.05, 3.63) is 23.9 Å². The van der Waals surface area contributed by atoms with Gasteiger partial charge in [0.05, 0.1) is 6.61 Å². The minimum absolute atomic E-state index is 0.270. The molecule has 15 heavy (non-hydrogen) atoms. The molecule has 0 aromatic carbocycles. The van der Waals surface area contributed by atoms with Crippen LogP contribution in [0.2, 0.25) is 0 Å². The second-order valence-corrected chi connectivity index (χ2v) is 3.29. The first kappa shape index (κ1) is 11.5. The van der Waals surface area contributed by atoms with E-state index in [1.807, 2.05) is 0 Å². The highest BCUT2D eigenvalue weighted by atomic mass is 16.5. The number of carbonyl (C=O) groups excluding carboxylic acids is 1. The molecule has 0 aliphatic heterocycles. The monoisotopic (exact) mass is 208 g/mol. The van der Waals surface area contributed by atoms with E-state index in [9.17, 15) is 4.79 Å². The average Bonchev–Trinajstić information content (AvgIpc) is 2.24. The largest absolute Gasteiger partial charge is 0.461 e. The van der Waals surface area contributed by atoms with E-state index in [-0.39, 0.29) is 5.69 Å². The lowest BCUT2D eigenvalue weighted by molar-refractivity contribution is 0.0491. The quantitative estimate of drug-likeness (QED) is 0.593. The van der Waals surface area contributed by atoms with Crippen LogP contribution in [0.25, 0.3) is 0 Å². The molecule has 1 rings (SSSR count). The van der Waals surface area contributed by atoms with Crippen molar-refractivity contribution < 1.29 is 9.53 Å². The maximum absolute atomic E-state index is 11.4. The van der Waals surface area contributed by atoms with Crippen LogP contribution in [0.15, 0.2) is 18.2 Å². The zero-order chi connectivity index (χ0) is 11.1. The second-order valence-electron chi connectivity index (χ2n) is 3.29. The number of hydrogen-bond donors (Lipinski definition) is 1. The highest BCUT2D eigenvalue weighted by Gasteiger charge is 2.07. The standard InChI is InChI=1S/C11H16N2O2/c1-2-3-4-8-15-11(14)9-6-5-7-10(12)13-9/h5-7H,2-4,8H2,1H3,(H2,12,13). The third-order valence-corrected chi connectivity index (χ3v) is 1.96. The summed E-state index contributed by atoms with van der Waals surface area (Å²) in [5, 5.41) is 0. The third kappa shape index (κ3) is 3.97. The van der Waals surface area contributed by atoms with Gasteiger partial charge in [0.2, 0.25) is 0 Å². The fraction of sp³-hybridized carbons (Fsp3) is 0.455. The van der Waals surface area contributed by atoms with Crippen LogP contribution < -0.4 is 5.73 Å². The molecule has 0 radical (unpaired) electrons. The molecular formula is C11H16N2O2. The summed E-state index contributed by atoms with van der Waals surface area (Å²) in [6, 6.07) is 4.91. The summed E-state index contributed by atoms with van der Waals surface area (Å²) < 4.78 is 5.03. The fourth-order valence-electron chi connectivity index (χ4n) is 1.16. The number of nitrogen functional groups attached to an aromatic ring is 1. The first-order valence-electron chi connectivity index (χ1n) is 5.13. The maximum atomic E-state index is 11.4. The highest BCUT2D eigenvalue weighted by Crippen LogP contribution is 2.03. The Balaban J connectivity index is 2.40. The van der Waals surface area contributed by atoms with Crippen LogP contribution in [0.4, 0.5) is 5.82 Å². The van der Waals surface area contributed by atoms with Gasteiger partial charge in [-0.15, -0.1) is 0 Å². The lowest BCUT2D eigenvalue weighted by Crippen LogP contribution is -2.09. The number of anilines is 1. The zero-order valence-corrected chi connectivity index (χ0v) is 8.90.